The average molecular weight is 1650 g/mol. The Balaban J connectivity index is 0.000000116. The Labute approximate surface area is 728 Å². The minimum Gasteiger partial charge on any atom is -0.456 e. The van der Waals surface area contributed by atoms with Gasteiger partial charge in [0.05, 0.1) is 22.0 Å². The third kappa shape index (κ3) is 12.3. The number of benzene rings is 16. The summed E-state index contributed by atoms with van der Waals surface area (Å²) in [6.07, 6.45) is 0. The fraction of sp³-hybridized carbons (Fsp3) is 0.0727. The van der Waals surface area contributed by atoms with Crippen molar-refractivity contribution in [2.45, 2.75) is 49.7 Å². The zero-order valence-electron chi connectivity index (χ0n) is 67.9. The van der Waals surface area contributed by atoms with Gasteiger partial charge in [0.15, 0.2) is 29.1 Å². The maximum Gasteiger partial charge on any atom is 0.494 e. The van der Waals surface area contributed by atoms with Crippen LogP contribution in [0.15, 0.2) is 385 Å². The molecule has 0 atom stereocenters. The lowest BCUT2D eigenvalue weighted by Crippen LogP contribution is -2.41. The molecule has 0 saturated carbocycles. The second-order valence-electron chi connectivity index (χ2n) is 33.0. The van der Waals surface area contributed by atoms with Gasteiger partial charge in [-0.15, -0.1) is 22.7 Å². The molecule has 3 aliphatic rings. The van der Waals surface area contributed by atoms with Crippen LogP contribution in [-0.4, -0.2) is 48.2 Å². The van der Waals surface area contributed by atoms with E-state index in [0.717, 1.165) is 77.2 Å². The summed E-state index contributed by atoms with van der Waals surface area (Å²) in [4.78, 5) is 28.4. The highest BCUT2D eigenvalue weighted by Crippen LogP contribution is 2.59. The molecule has 590 valence electrons. The first-order chi connectivity index (χ1) is 60.8. The SMILES string of the molecule is CC1(C)OB(c2ccc(C3(c4ccc5c(c4)sc4ccccc45)c4ccccc4-c4ccccc43)cc2)OC1(C)C.Clc1nc(-c2ccccc2)nc(-c2ccc3c(c2)oc2ccccc23)n1.c1ccc(-c2nc(-c3ccc(C4(c5ccc6c(c5)sc5ccccc56)c5ccccc5-c5ccccc54)cc3)nc(-c3ccc4c(c3)oc3ccccc34)n2)cc1. The van der Waals surface area contributed by atoms with Gasteiger partial charge in [0.25, 0.3) is 0 Å². The smallest absolute Gasteiger partial charge is 0.456 e. The number of fused-ring (bicyclic) bond motifs is 18. The molecule has 0 amide bonds. The van der Waals surface area contributed by atoms with Gasteiger partial charge in [-0.1, -0.05) is 315 Å². The zero-order chi connectivity index (χ0) is 83.0. The van der Waals surface area contributed by atoms with Gasteiger partial charge in [0, 0.05) is 89.7 Å². The minimum atomic E-state index is -0.530. The van der Waals surface area contributed by atoms with Gasteiger partial charge < -0.3 is 18.1 Å². The molecule has 1 aliphatic heterocycles. The summed E-state index contributed by atoms with van der Waals surface area (Å²) >= 11 is 9.89. The number of rotatable bonds is 10. The molecule has 25 rings (SSSR count). The maximum absolute atomic E-state index is 6.39. The molecule has 1 saturated heterocycles. The van der Waals surface area contributed by atoms with Gasteiger partial charge in [-0.3, -0.25) is 0 Å². The predicted molar refractivity (Wildman–Crippen MR) is 509 cm³/mol. The number of hydrogen-bond acceptors (Lipinski definition) is 12. The molecule has 124 heavy (non-hydrogen) atoms. The van der Waals surface area contributed by atoms with E-state index in [1.807, 2.05) is 150 Å². The number of aromatic nitrogens is 6. The van der Waals surface area contributed by atoms with Gasteiger partial charge in [0.1, 0.15) is 22.3 Å². The first-order valence-corrected chi connectivity index (χ1v) is 43.7. The van der Waals surface area contributed by atoms with E-state index in [1.165, 1.54) is 107 Å². The average Bonchev–Trinajstić information content (AvgIpc) is 1.54. The number of nitrogens with zero attached hydrogens (tertiary/aromatic N) is 6. The minimum absolute atomic E-state index is 0.165. The molecule has 2 aliphatic carbocycles. The van der Waals surface area contributed by atoms with Gasteiger partial charge >= 0.3 is 7.12 Å². The molecular formula is C110H74BClN6O4S2. The lowest BCUT2D eigenvalue weighted by Gasteiger charge is -2.34. The van der Waals surface area contributed by atoms with Gasteiger partial charge in [0.2, 0.25) is 5.28 Å². The Hall–Kier alpha value is -14.1. The van der Waals surface area contributed by atoms with E-state index in [9.17, 15) is 0 Å². The number of para-hydroxylation sites is 2. The molecule has 16 aromatic carbocycles. The molecule has 7 heterocycles. The van der Waals surface area contributed by atoms with Crippen molar-refractivity contribution in [2.75, 3.05) is 0 Å². The van der Waals surface area contributed by atoms with Crippen molar-refractivity contribution >= 4 is 131 Å². The molecule has 6 aromatic heterocycles. The van der Waals surface area contributed by atoms with Crippen molar-refractivity contribution in [3.8, 4) is 79.2 Å². The highest BCUT2D eigenvalue weighted by Gasteiger charge is 2.53. The molecule has 14 heteroatoms. The van der Waals surface area contributed by atoms with Crippen LogP contribution in [0.1, 0.15) is 72.2 Å². The summed E-state index contributed by atoms with van der Waals surface area (Å²) in [5, 5.41) is 9.72. The lowest BCUT2D eigenvalue weighted by atomic mass is 9.66. The number of thiophene rings is 2. The third-order valence-corrected chi connectivity index (χ3v) is 28.0. The van der Waals surface area contributed by atoms with Crippen LogP contribution in [0.4, 0.5) is 0 Å². The summed E-state index contributed by atoms with van der Waals surface area (Å²) < 4.78 is 30.3. The fourth-order valence-corrected chi connectivity index (χ4v) is 21.4. The normalized spacial score (nSPS) is 14.3. The predicted octanol–water partition coefficient (Wildman–Crippen LogP) is 28.0. The molecule has 0 radical (unpaired) electrons. The number of furan rings is 2. The Morgan fingerprint density at radius 2 is 0.548 bits per heavy atom. The van der Waals surface area contributed by atoms with Gasteiger partial charge in [-0.2, -0.15) is 9.97 Å². The van der Waals surface area contributed by atoms with Crippen LogP contribution in [-0.2, 0) is 20.1 Å². The second kappa shape index (κ2) is 29.6. The van der Waals surface area contributed by atoms with Crippen LogP contribution in [0.25, 0.3) is 163 Å². The molecule has 0 bridgehead atoms. The van der Waals surface area contributed by atoms with E-state index in [4.69, 9.17) is 44.7 Å². The van der Waals surface area contributed by atoms with Crippen molar-refractivity contribution in [2.24, 2.45) is 0 Å². The van der Waals surface area contributed by atoms with Gasteiger partial charge in [-0.25, -0.2) is 19.9 Å². The quantitative estimate of drug-likeness (QED) is 0.122. The Kier molecular flexibility index (Phi) is 17.9. The van der Waals surface area contributed by atoms with Crippen LogP contribution in [0, 0.1) is 0 Å². The molecular weight excluding hydrogens is 1580 g/mol. The first-order valence-electron chi connectivity index (χ1n) is 41.7. The third-order valence-electron chi connectivity index (χ3n) is 25.6. The van der Waals surface area contributed by atoms with Crippen LogP contribution >= 0.6 is 34.3 Å². The first kappa shape index (κ1) is 74.9. The summed E-state index contributed by atoms with van der Waals surface area (Å²) in [7, 11) is -0.386. The van der Waals surface area contributed by atoms with Crippen LogP contribution in [0.2, 0.25) is 5.28 Å². The van der Waals surface area contributed by atoms with Crippen molar-refractivity contribution in [3.63, 3.8) is 0 Å². The van der Waals surface area contributed by atoms with E-state index >= 15 is 0 Å². The van der Waals surface area contributed by atoms with Gasteiger partial charge in [-0.05, 0) is 172 Å². The van der Waals surface area contributed by atoms with Crippen LogP contribution in [0.3, 0.4) is 0 Å². The van der Waals surface area contributed by atoms with E-state index in [-0.39, 0.29) is 23.6 Å². The van der Waals surface area contributed by atoms with E-state index in [1.54, 1.807) is 0 Å². The van der Waals surface area contributed by atoms with Crippen molar-refractivity contribution in [1.82, 2.24) is 29.9 Å². The Morgan fingerprint density at radius 3 is 0.976 bits per heavy atom. The van der Waals surface area contributed by atoms with E-state index in [0.29, 0.717) is 29.1 Å². The molecule has 0 spiro atoms. The molecule has 10 nitrogen and oxygen atoms in total. The topological polar surface area (TPSA) is 122 Å². The molecule has 0 N–H and O–H groups in total. The van der Waals surface area contributed by atoms with E-state index in [2.05, 4.69) is 291 Å². The molecule has 22 aromatic rings. The van der Waals surface area contributed by atoms with Crippen molar-refractivity contribution in [3.05, 3.63) is 426 Å². The highest BCUT2D eigenvalue weighted by atomic mass is 35.5. The van der Waals surface area contributed by atoms with Crippen molar-refractivity contribution in [1.29, 1.82) is 0 Å². The van der Waals surface area contributed by atoms with Crippen molar-refractivity contribution < 1.29 is 18.1 Å². The summed E-state index contributed by atoms with van der Waals surface area (Å²) in [6, 6.07) is 133. The Morgan fingerprint density at radius 1 is 0.250 bits per heavy atom. The summed E-state index contributed by atoms with van der Waals surface area (Å²) in [6.45, 7) is 8.42. The Bertz CT molecular complexity index is 7900. The van der Waals surface area contributed by atoms with E-state index < -0.39 is 10.8 Å². The molecule has 0 unspecified atom stereocenters. The van der Waals surface area contributed by atoms with Crippen LogP contribution in [0.5, 0.6) is 0 Å². The summed E-state index contributed by atoms with van der Waals surface area (Å²) in [5.74, 6) is 2.90. The molecule has 1 fully saturated rings. The number of hydrogen-bond donors (Lipinski definition) is 0. The standard InChI is InChI=1S/C52H31N3OS.C37H31BO2S.C21H12ClN3O/c1-2-12-32(13-3-1)49-53-50(55-51(54-49)34-24-28-40-39-16-6-10-20-45(39)56-46(40)30-34)33-22-25-35(26-23-33)52(43-18-8-4-14-37(43)38-15-5-9-19-44(38)52)36-27-29-42-41-17-7-11-21-47(41)57-48(42)31-36;1-35(2)36(3,4)40-38(39-35)26-20-17-24(18-21-26)37(31-14-8-5-11-27(31)28-12-6-9-15-32(28)37)25-19-22-30-29-13-7-10-16-33(29)41-34(30)23-25;22-21-24-19(13-6-2-1-3-7-13)23-20(25-21)14-10-11-16-15-8-4-5-9-17(15)26-18(16)12-14/h1-31H;5-23H,1-4H3;1-12H. The largest absolute Gasteiger partial charge is 0.494 e. The monoisotopic (exact) mass is 1650 g/mol. The summed E-state index contributed by atoms with van der Waals surface area (Å²) in [5.41, 5.74) is 22.4. The maximum atomic E-state index is 6.39. The second-order valence-corrected chi connectivity index (χ2v) is 35.5. The number of halogens is 1. The fourth-order valence-electron chi connectivity index (χ4n) is 19.0. The van der Waals surface area contributed by atoms with Crippen LogP contribution < -0.4 is 5.46 Å². The highest BCUT2D eigenvalue weighted by molar-refractivity contribution is 7.26. The lowest BCUT2D eigenvalue weighted by molar-refractivity contribution is 0.00578. The zero-order valence-corrected chi connectivity index (χ0v) is 70.3.